The van der Waals surface area contributed by atoms with E-state index in [-0.39, 0.29) is 5.75 Å². The van der Waals surface area contributed by atoms with Crippen LogP contribution in [0.25, 0.3) is 11.3 Å². The Morgan fingerprint density at radius 3 is 2.24 bits per heavy atom. The molecule has 2 aromatic carbocycles. The summed E-state index contributed by atoms with van der Waals surface area (Å²) < 4.78 is 6.80. The first kappa shape index (κ1) is 18.2. The first-order valence-corrected chi connectivity index (χ1v) is 9.38. The lowest BCUT2D eigenvalue weighted by Gasteiger charge is -2.07. The second kappa shape index (κ2) is 8.17. The lowest BCUT2D eigenvalue weighted by atomic mass is 10.1. The molecule has 7 heteroatoms. The molecule has 0 aliphatic rings. The summed E-state index contributed by atoms with van der Waals surface area (Å²) in [5.41, 5.74) is 2.66. The van der Waals surface area contributed by atoms with Gasteiger partial charge < -0.3 is 9.84 Å². The van der Waals surface area contributed by atoms with Crippen molar-refractivity contribution in [3.8, 4) is 22.9 Å². The van der Waals surface area contributed by atoms with Crippen LogP contribution in [0.15, 0.2) is 57.5 Å². The molecule has 0 atom stereocenters. The smallest absolute Gasteiger partial charge is 0.233 e. The molecule has 1 aromatic heterocycles. The van der Waals surface area contributed by atoms with E-state index in [1.165, 1.54) is 0 Å². The van der Waals surface area contributed by atoms with Gasteiger partial charge in [-0.1, -0.05) is 23.7 Å². The molecule has 0 unspecified atom stereocenters. The molecule has 0 bridgehead atoms. The summed E-state index contributed by atoms with van der Waals surface area (Å²) in [6.07, 6.45) is 0.762. The van der Waals surface area contributed by atoms with Crippen molar-refractivity contribution in [2.24, 2.45) is 0 Å². The first-order valence-electron chi connectivity index (χ1n) is 7.42. The zero-order valence-corrected chi connectivity index (χ0v) is 16.8. The van der Waals surface area contributed by atoms with Crippen molar-refractivity contribution in [1.29, 1.82) is 0 Å². The standard InChI is InChI=1S/C18H13Br2ClN2O2/c19-14-9-12(10-15(20)18(14)24)16-5-6-17(23-22-16)25-8-7-11-1-3-13(21)4-2-11/h1-6,9-10,24H,7-8H2. The number of nitrogens with zero attached hydrogens (tertiary/aromatic N) is 2. The van der Waals surface area contributed by atoms with Gasteiger partial charge in [0.05, 0.1) is 21.2 Å². The summed E-state index contributed by atoms with van der Waals surface area (Å²) >= 11 is 12.5. The van der Waals surface area contributed by atoms with E-state index >= 15 is 0 Å². The molecule has 25 heavy (non-hydrogen) atoms. The molecule has 0 fully saturated rings. The van der Waals surface area contributed by atoms with Crippen molar-refractivity contribution in [2.75, 3.05) is 6.61 Å². The molecule has 0 amide bonds. The molecular weight excluding hydrogens is 471 g/mol. The summed E-state index contributed by atoms with van der Waals surface area (Å²) in [5, 5.41) is 18.8. The van der Waals surface area contributed by atoms with Gasteiger partial charge in [-0.15, -0.1) is 10.2 Å². The fourth-order valence-corrected chi connectivity index (χ4v) is 3.50. The quantitative estimate of drug-likeness (QED) is 0.509. The van der Waals surface area contributed by atoms with Crippen molar-refractivity contribution in [1.82, 2.24) is 10.2 Å². The molecule has 0 saturated heterocycles. The summed E-state index contributed by atoms with van der Waals surface area (Å²) in [4.78, 5) is 0. The zero-order valence-electron chi connectivity index (χ0n) is 12.9. The second-order valence-electron chi connectivity index (χ2n) is 5.27. The lowest BCUT2D eigenvalue weighted by Crippen LogP contribution is -2.03. The van der Waals surface area contributed by atoms with Crippen molar-refractivity contribution < 1.29 is 9.84 Å². The lowest BCUT2D eigenvalue weighted by molar-refractivity contribution is 0.306. The van der Waals surface area contributed by atoms with Crippen molar-refractivity contribution in [2.45, 2.75) is 6.42 Å². The number of aromatic hydroxyl groups is 1. The average Bonchev–Trinajstić information content (AvgIpc) is 2.61. The number of aromatic nitrogens is 2. The van der Waals surface area contributed by atoms with Gasteiger partial charge in [0.1, 0.15) is 5.75 Å². The van der Waals surface area contributed by atoms with E-state index in [1.807, 2.05) is 30.3 Å². The molecule has 0 saturated carbocycles. The fraction of sp³-hybridized carbons (Fsp3) is 0.111. The normalized spacial score (nSPS) is 10.7. The number of hydrogen-bond acceptors (Lipinski definition) is 4. The molecule has 3 rings (SSSR count). The number of hydrogen-bond donors (Lipinski definition) is 1. The van der Waals surface area contributed by atoms with Crippen LogP contribution in [0.4, 0.5) is 0 Å². The van der Waals surface area contributed by atoms with Crippen LogP contribution in [-0.2, 0) is 6.42 Å². The fourth-order valence-electron chi connectivity index (χ4n) is 2.19. The molecule has 128 valence electrons. The number of phenolic OH excluding ortho intramolecular Hbond substituents is 1. The van der Waals surface area contributed by atoms with E-state index in [4.69, 9.17) is 16.3 Å². The number of benzene rings is 2. The Balaban J connectivity index is 1.63. The van der Waals surface area contributed by atoms with Crippen LogP contribution in [0.3, 0.4) is 0 Å². The molecule has 0 aliphatic carbocycles. The molecule has 0 aliphatic heterocycles. The van der Waals surface area contributed by atoms with Crippen LogP contribution >= 0.6 is 43.5 Å². The molecule has 0 spiro atoms. The van der Waals surface area contributed by atoms with Gasteiger partial charge in [-0.05, 0) is 67.8 Å². The van der Waals surface area contributed by atoms with Crippen LogP contribution in [0, 0.1) is 0 Å². The molecule has 1 heterocycles. The molecule has 0 radical (unpaired) electrons. The van der Waals surface area contributed by atoms with Gasteiger partial charge in [0, 0.05) is 23.1 Å². The maximum absolute atomic E-state index is 9.77. The predicted molar refractivity (Wildman–Crippen MR) is 105 cm³/mol. The Labute approximate surface area is 167 Å². The van der Waals surface area contributed by atoms with Crippen LogP contribution in [0.1, 0.15) is 5.56 Å². The monoisotopic (exact) mass is 482 g/mol. The highest BCUT2D eigenvalue weighted by molar-refractivity contribution is 9.11. The van der Waals surface area contributed by atoms with E-state index in [2.05, 4.69) is 42.1 Å². The van der Waals surface area contributed by atoms with E-state index in [9.17, 15) is 5.11 Å². The average molecular weight is 485 g/mol. The number of ether oxygens (including phenoxy) is 1. The third-order valence-corrected chi connectivity index (χ3v) is 4.97. The van der Waals surface area contributed by atoms with Crippen LogP contribution in [0.2, 0.25) is 5.02 Å². The Hall–Kier alpha value is -1.63. The Kier molecular flexibility index (Phi) is 5.93. The maximum Gasteiger partial charge on any atom is 0.233 e. The van der Waals surface area contributed by atoms with Gasteiger partial charge in [0.15, 0.2) is 0 Å². The summed E-state index contributed by atoms with van der Waals surface area (Å²) in [7, 11) is 0. The van der Waals surface area contributed by atoms with Gasteiger partial charge in [0.25, 0.3) is 0 Å². The molecular formula is C18H13Br2ClN2O2. The third-order valence-electron chi connectivity index (χ3n) is 3.51. The van der Waals surface area contributed by atoms with Crippen molar-refractivity contribution in [3.63, 3.8) is 0 Å². The zero-order chi connectivity index (χ0) is 17.8. The minimum Gasteiger partial charge on any atom is -0.506 e. The predicted octanol–water partition coefficient (Wildman–Crippen LogP) is 5.65. The SMILES string of the molecule is Oc1c(Br)cc(-c2ccc(OCCc3ccc(Cl)cc3)nn2)cc1Br. The van der Waals surface area contributed by atoms with Crippen molar-refractivity contribution in [3.05, 3.63) is 68.1 Å². The minimum absolute atomic E-state index is 0.152. The minimum atomic E-state index is 0.152. The van der Waals surface area contributed by atoms with Crippen LogP contribution in [0.5, 0.6) is 11.6 Å². The van der Waals surface area contributed by atoms with Crippen LogP contribution in [-0.4, -0.2) is 21.9 Å². The summed E-state index contributed by atoms with van der Waals surface area (Å²) in [5.74, 6) is 0.619. The first-order chi connectivity index (χ1) is 12.0. The highest BCUT2D eigenvalue weighted by Gasteiger charge is 2.09. The number of halogens is 3. The second-order valence-corrected chi connectivity index (χ2v) is 7.42. The van der Waals surface area contributed by atoms with Gasteiger partial charge in [-0.2, -0.15) is 0 Å². The topological polar surface area (TPSA) is 55.2 Å². The molecule has 4 nitrogen and oxygen atoms in total. The van der Waals surface area contributed by atoms with Gasteiger partial charge >= 0.3 is 0 Å². The largest absolute Gasteiger partial charge is 0.506 e. The Bertz CT molecular complexity index is 848. The van der Waals surface area contributed by atoms with Gasteiger partial charge in [0.2, 0.25) is 5.88 Å². The Morgan fingerprint density at radius 1 is 0.960 bits per heavy atom. The van der Waals surface area contributed by atoms with E-state index in [0.717, 1.165) is 22.6 Å². The van der Waals surface area contributed by atoms with E-state index in [1.54, 1.807) is 18.2 Å². The van der Waals surface area contributed by atoms with E-state index < -0.39 is 0 Å². The summed E-state index contributed by atoms with van der Waals surface area (Å²) in [6, 6.07) is 14.8. The maximum atomic E-state index is 9.77. The Morgan fingerprint density at radius 2 is 1.64 bits per heavy atom. The third kappa shape index (κ3) is 4.71. The highest BCUT2D eigenvalue weighted by Crippen LogP contribution is 2.36. The van der Waals surface area contributed by atoms with Gasteiger partial charge in [-0.25, -0.2) is 0 Å². The van der Waals surface area contributed by atoms with Crippen LogP contribution < -0.4 is 4.74 Å². The number of phenols is 1. The molecule has 3 aromatic rings. The highest BCUT2D eigenvalue weighted by atomic mass is 79.9. The molecule has 1 N–H and O–H groups in total. The number of rotatable bonds is 5. The van der Waals surface area contributed by atoms with Crippen molar-refractivity contribution >= 4 is 43.5 Å². The van der Waals surface area contributed by atoms with E-state index in [0.29, 0.717) is 27.1 Å². The summed E-state index contributed by atoms with van der Waals surface area (Å²) in [6.45, 7) is 0.506. The van der Waals surface area contributed by atoms with Gasteiger partial charge in [-0.3, -0.25) is 0 Å².